The number of allylic oxidation sites excluding steroid dienone is 1. The Morgan fingerprint density at radius 2 is 1.56 bits per heavy atom. The summed E-state index contributed by atoms with van der Waals surface area (Å²) in [6.07, 6.45) is 2.79. The summed E-state index contributed by atoms with van der Waals surface area (Å²) < 4.78 is 5.27. The van der Waals surface area contributed by atoms with Gasteiger partial charge in [0.1, 0.15) is 11.9 Å². The molecule has 2 aromatic carbocycles. The summed E-state index contributed by atoms with van der Waals surface area (Å²) in [4.78, 5) is 32.0. The van der Waals surface area contributed by atoms with Gasteiger partial charge >= 0.3 is 0 Å². The predicted molar refractivity (Wildman–Crippen MR) is 132 cm³/mol. The number of nitrogens with zero attached hydrogens (tertiary/aromatic N) is 3. The molecular formula is C28H33N3O3. The monoisotopic (exact) mass is 459 g/mol. The highest BCUT2D eigenvalue weighted by Gasteiger charge is 2.43. The first-order chi connectivity index (χ1) is 16.4. The molecule has 5 rings (SSSR count). The fourth-order valence-electron chi connectivity index (χ4n) is 5.34. The molecule has 1 saturated carbocycles. The van der Waals surface area contributed by atoms with Crippen LogP contribution in [-0.2, 0) is 9.59 Å². The topological polar surface area (TPSA) is 53.1 Å². The molecule has 2 heterocycles. The second-order valence-electron chi connectivity index (χ2n) is 9.76. The lowest BCUT2D eigenvalue weighted by atomic mass is 9.98. The highest BCUT2D eigenvalue weighted by atomic mass is 16.5. The molecule has 0 aromatic heterocycles. The fraction of sp³-hybridized carbons (Fsp3) is 0.429. The van der Waals surface area contributed by atoms with Gasteiger partial charge in [-0.05, 0) is 61.9 Å². The summed E-state index contributed by atoms with van der Waals surface area (Å²) in [5.41, 5.74) is 5.10. The highest BCUT2D eigenvalue weighted by Crippen LogP contribution is 2.40. The SMILES string of the molecule is COc1ccc(-c2ccc(C3N(C)C(=O)C(C)=C(C)N3C3CCN(C(=O)C4CC4)C3)cc2)cc1. The molecule has 0 bridgehead atoms. The molecule has 2 fully saturated rings. The third-order valence-electron chi connectivity index (χ3n) is 7.63. The largest absolute Gasteiger partial charge is 0.497 e. The Labute approximate surface area is 201 Å². The van der Waals surface area contributed by atoms with E-state index in [0.717, 1.165) is 66.1 Å². The number of ether oxygens (including phenoxy) is 1. The van der Waals surface area contributed by atoms with E-state index in [1.807, 2.05) is 42.8 Å². The standard InChI is InChI=1S/C28H33N3O3/c1-18-19(2)31(24-15-16-30(17-24)28(33)23-9-10-23)26(29(3)27(18)32)22-7-5-20(6-8-22)21-11-13-25(34-4)14-12-21/h5-8,11-14,23-24,26H,9-10,15-17H2,1-4H3. The molecule has 178 valence electrons. The van der Waals surface area contributed by atoms with Gasteiger partial charge in [0.15, 0.2) is 0 Å². The van der Waals surface area contributed by atoms with Gasteiger partial charge < -0.3 is 19.4 Å². The first-order valence-electron chi connectivity index (χ1n) is 12.1. The zero-order valence-electron chi connectivity index (χ0n) is 20.5. The highest BCUT2D eigenvalue weighted by molar-refractivity contribution is 5.94. The van der Waals surface area contributed by atoms with Crippen LogP contribution in [0.25, 0.3) is 11.1 Å². The zero-order valence-corrected chi connectivity index (χ0v) is 20.5. The van der Waals surface area contributed by atoms with E-state index in [-0.39, 0.29) is 24.0 Å². The lowest BCUT2D eigenvalue weighted by Crippen LogP contribution is -2.51. The zero-order chi connectivity index (χ0) is 24.0. The van der Waals surface area contributed by atoms with Gasteiger partial charge in [0.2, 0.25) is 5.91 Å². The van der Waals surface area contributed by atoms with E-state index in [1.165, 1.54) is 0 Å². The van der Waals surface area contributed by atoms with Crippen LogP contribution in [0.5, 0.6) is 5.75 Å². The molecule has 34 heavy (non-hydrogen) atoms. The molecule has 0 N–H and O–H groups in total. The summed E-state index contributed by atoms with van der Waals surface area (Å²) in [6, 6.07) is 16.7. The van der Waals surface area contributed by atoms with Crippen molar-refractivity contribution in [2.24, 2.45) is 5.92 Å². The van der Waals surface area contributed by atoms with E-state index in [2.05, 4.69) is 41.3 Å². The number of benzene rings is 2. The Bertz CT molecular complexity index is 1120. The van der Waals surface area contributed by atoms with E-state index in [1.54, 1.807) is 7.11 Å². The Morgan fingerprint density at radius 1 is 0.941 bits per heavy atom. The van der Waals surface area contributed by atoms with Crippen LogP contribution in [0.3, 0.4) is 0 Å². The maximum Gasteiger partial charge on any atom is 0.252 e. The summed E-state index contributed by atoms with van der Waals surface area (Å²) in [6.45, 7) is 5.47. The minimum Gasteiger partial charge on any atom is -0.497 e. The number of amides is 2. The first kappa shape index (κ1) is 22.5. The molecule has 0 radical (unpaired) electrons. The number of carbonyl (C=O) groups is 2. The minimum atomic E-state index is -0.193. The molecule has 2 amide bonds. The van der Waals surface area contributed by atoms with E-state index >= 15 is 0 Å². The van der Waals surface area contributed by atoms with Crippen molar-refractivity contribution in [2.75, 3.05) is 27.2 Å². The molecule has 2 aromatic rings. The van der Waals surface area contributed by atoms with Gasteiger partial charge in [0, 0.05) is 37.3 Å². The molecule has 6 heteroatoms. The maximum atomic E-state index is 13.1. The number of hydrogen-bond acceptors (Lipinski definition) is 4. The smallest absolute Gasteiger partial charge is 0.252 e. The molecular weight excluding hydrogens is 426 g/mol. The summed E-state index contributed by atoms with van der Waals surface area (Å²) in [5.74, 6) is 1.44. The Balaban J connectivity index is 1.44. The van der Waals surface area contributed by atoms with Gasteiger partial charge in [-0.25, -0.2) is 0 Å². The summed E-state index contributed by atoms with van der Waals surface area (Å²) in [5, 5.41) is 0. The number of rotatable bonds is 5. The van der Waals surface area contributed by atoms with Crippen LogP contribution < -0.4 is 4.74 Å². The van der Waals surface area contributed by atoms with Gasteiger partial charge in [-0.15, -0.1) is 0 Å². The average Bonchev–Trinajstić information content (AvgIpc) is 3.61. The molecule has 2 unspecified atom stereocenters. The predicted octanol–water partition coefficient (Wildman–Crippen LogP) is 4.44. The number of methoxy groups -OCH3 is 1. The quantitative estimate of drug-likeness (QED) is 0.663. The third kappa shape index (κ3) is 3.95. The Kier molecular flexibility index (Phi) is 5.84. The fourth-order valence-corrected chi connectivity index (χ4v) is 5.34. The van der Waals surface area contributed by atoms with Gasteiger partial charge in [0.05, 0.1) is 13.2 Å². The van der Waals surface area contributed by atoms with Crippen molar-refractivity contribution < 1.29 is 14.3 Å². The molecule has 0 spiro atoms. The van der Waals surface area contributed by atoms with Gasteiger partial charge in [-0.2, -0.15) is 0 Å². The molecule has 3 aliphatic rings. The van der Waals surface area contributed by atoms with Crippen LogP contribution in [0.2, 0.25) is 0 Å². The van der Waals surface area contributed by atoms with Crippen LogP contribution in [0.15, 0.2) is 59.8 Å². The van der Waals surface area contributed by atoms with Crippen LogP contribution in [-0.4, -0.2) is 59.8 Å². The minimum absolute atomic E-state index is 0.0573. The molecule has 2 atom stereocenters. The number of hydrogen-bond donors (Lipinski definition) is 0. The normalized spacial score (nSPS) is 23.1. The van der Waals surface area contributed by atoms with Gasteiger partial charge in [-0.1, -0.05) is 36.4 Å². The average molecular weight is 460 g/mol. The van der Waals surface area contributed by atoms with Crippen LogP contribution >= 0.6 is 0 Å². The van der Waals surface area contributed by atoms with Crippen molar-refractivity contribution in [1.82, 2.24) is 14.7 Å². The summed E-state index contributed by atoms with van der Waals surface area (Å²) >= 11 is 0. The van der Waals surface area contributed by atoms with Crippen molar-refractivity contribution >= 4 is 11.8 Å². The number of likely N-dealkylation sites (N-methyl/N-ethyl adjacent to an activating group) is 1. The maximum absolute atomic E-state index is 13.1. The van der Waals surface area contributed by atoms with Crippen molar-refractivity contribution in [3.05, 3.63) is 65.4 Å². The molecule has 1 saturated heterocycles. The number of likely N-dealkylation sites (tertiary alicyclic amines) is 1. The van der Waals surface area contributed by atoms with Crippen molar-refractivity contribution in [1.29, 1.82) is 0 Å². The van der Waals surface area contributed by atoms with E-state index in [9.17, 15) is 9.59 Å². The van der Waals surface area contributed by atoms with Crippen molar-refractivity contribution in [3.8, 4) is 16.9 Å². The molecule has 6 nitrogen and oxygen atoms in total. The van der Waals surface area contributed by atoms with E-state index in [4.69, 9.17) is 4.74 Å². The first-order valence-corrected chi connectivity index (χ1v) is 12.1. The molecule has 1 aliphatic carbocycles. The third-order valence-corrected chi connectivity index (χ3v) is 7.63. The van der Waals surface area contributed by atoms with E-state index in [0.29, 0.717) is 5.91 Å². The lowest BCUT2D eigenvalue weighted by Gasteiger charge is -2.47. The van der Waals surface area contributed by atoms with Crippen LogP contribution in [0, 0.1) is 5.92 Å². The second kappa shape index (κ2) is 8.82. The molecule has 2 aliphatic heterocycles. The van der Waals surface area contributed by atoms with Crippen molar-refractivity contribution in [3.63, 3.8) is 0 Å². The Morgan fingerprint density at radius 3 is 2.15 bits per heavy atom. The van der Waals surface area contributed by atoms with Crippen LogP contribution in [0.1, 0.15) is 44.8 Å². The lowest BCUT2D eigenvalue weighted by molar-refractivity contribution is -0.136. The Hall–Kier alpha value is -3.28. The number of carbonyl (C=O) groups excluding carboxylic acids is 2. The van der Waals surface area contributed by atoms with E-state index < -0.39 is 0 Å². The van der Waals surface area contributed by atoms with Crippen molar-refractivity contribution in [2.45, 2.75) is 45.3 Å². The van der Waals surface area contributed by atoms with Crippen LogP contribution in [0.4, 0.5) is 0 Å². The van der Waals surface area contributed by atoms with Gasteiger partial charge in [0.25, 0.3) is 5.91 Å². The van der Waals surface area contributed by atoms with Gasteiger partial charge in [-0.3, -0.25) is 9.59 Å². The summed E-state index contributed by atoms with van der Waals surface area (Å²) in [7, 11) is 3.55. The second-order valence-corrected chi connectivity index (χ2v) is 9.76.